The van der Waals surface area contributed by atoms with Crippen LogP contribution in [0.1, 0.15) is 25.0 Å². The van der Waals surface area contributed by atoms with E-state index in [0.717, 1.165) is 0 Å². The number of hydrogen-bond acceptors (Lipinski definition) is 0. The molecular formula is C53H39N. The van der Waals surface area contributed by atoms with Gasteiger partial charge in [0, 0.05) is 28.2 Å². The zero-order valence-corrected chi connectivity index (χ0v) is 30.5. The summed E-state index contributed by atoms with van der Waals surface area (Å²) in [7, 11) is 0. The van der Waals surface area contributed by atoms with Gasteiger partial charge in [-0.2, -0.15) is 0 Å². The summed E-state index contributed by atoms with van der Waals surface area (Å²) in [4.78, 5) is 0. The molecular weight excluding hydrogens is 651 g/mol. The summed E-state index contributed by atoms with van der Waals surface area (Å²) >= 11 is 0. The number of fused-ring (bicyclic) bond motifs is 4. The van der Waals surface area contributed by atoms with E-state index in [9.17, 15) is 0 Å². The Hall–Kier alpha value is -6.70. The van der Waals surface area contributed by atoms with Crippen LogP contribution in [0.5, 0.6) is 0 Å². The second-order valence-corrected chi connectivity index (χ2v) is 15.0. The third-order valence-corrected chi connectivity index (χ3v) is 11.5. The zero-order chi connectivity index (χ0) is 36.2. The molecule has 0 saturated carbocycles. The molecule has 54 heavy (non-hydrogen) atoms. The Bertz CT molecular complexity index is 2790. The van der Waals surface area contributed by atoms with Crippen LogP contribution in [-0.4, -0.2) is 4.57 Å². The van der Waals surface area contributed by atoms with Crippen LogP contribution >= 0.6 is 0 Å². The van der Waals surface area contributed by atoms with E-state index in [1.165, 1.54) is 94.5 Å². The average molecular weight is 690 g/mol. The highest BCUT2D eigenvalue weighted by molar-refractivity contribution is 6.00. The van der Waals surface area contributed by atoms with Crippen molar-refractivity contribution in [3.63, 3.8) is 0 Å². The van der Waals surface area contributed by atoms with E-state index in [-0.39, 0.29) is 5.41 Å². The summed E-state index contributed by atoms with van der Waals surface area (Å²) in [6.07, 6.45) is 2.34. The molecule has 1 aliphatic rings. The van der Waals surface area contributed by atoms with Crippen LogP contribution in [-0.2, 0) is 5.41 Å². The fourth-order valence-corrected chi connectivity index (χ4v) is 8.50. The molecule has 0 unspecified atom stereocenters. The summed E-state index contributed by atoms with van der Waals surface area (Å²) < 4.78 is 2.40. The van der Waals surface area contributed by atoms with Gasteiger partial charge in [-0.1, -0.05) is 178 Å². The van der Waals surface area contributed by atoms with Crippen molar-refractivity contribution in [1.82, 2.24) is 4.57 Å². The fourth-order valence-electron chi connectivity index (χ4n) is 8.50. The molecule has 0 bridgehead atoms. The highest BCUT2D eigenvalue weighted by Crippen LogP contribution is 2.50. The predicted octanol–water partition coefficient (Wildman–Crippen LogP) is 14.3. The van der Waals surface area contributed by atoms with Gasteiger partial charge < -0.3 is 4.57 Å². The minimum absolute atomic E-state index is 0.135. The molecule has 9 aromatic rings. The van der Waals surface area contributed by atoms with Crippen molar-refractivity contribution < 1.29 is 0 Å². The first kappa shape index (κ1) is 32.0. The number of benzene rings is 8. The van der Waals surface area contributed by atoms with Crippen molar-refractivity contribution >= 4 is 10.9 Å². The molecule has 0 saturated heterocycles. The van der Waals surface area contributed by atoms with Gasteiger partial charge in [-0.3, -0.25) is 0 Å². The highest BCUT2D eigenvalue weighted by atomic mass is 15.0. The van der Waals surface area contributed by atoms with Crippen molar-refractivity contribution in [3.05, 3.63) is 211 Å². The monoisotopic (exact) mass is 689 g/mol. The van der Waals surface area contributed by atoms with Gasteiger partial charge in [-0.15, -0.1) is 0 Å². The van der Waals surface area contributed by atoms with E-state index in [0.29, 0.717) is 0 Å². The maximum atomic E-state index is 2.43. The normalized spacial score (nSPS) is 12.8. The number of aromatic nitrogens is 1. The van der Waals surface area contributed by atoms with Crippen LogP contribution in [0.25, 0.3) is 83.4 Å². The van der Waals surface area contributed by atoms with Crippen LogP contribution in [0, 0.1) is 0 Å². The van der Waals surface area contributed by atoms with E-state index in [1.54, 1.807) is 0 Å². The van der Waals surface area contributed by atoms with Crippen molar-refractivity contribution in [2.75, 3.05) is 0 Å². The lowest BCUT2D eigenvalue weighted by Crippen LogP contribution is -2.15. The Kier molecular flexibility index (Phi) is 7.56. The standard InChI is InChI=1S/C53H39N/c1-53(2)50-33-44(38-16-10-5-11-17-38)26-29-46(50)47-30-28-45(34-51(47)53)54-35-49(42-24-22-40(23-25-42)37-14-8-4-9-15-37)48-32-43(27-31-52(48)54)41-20-18-39(19-21-41)36-12-6-3-7-13-36/h3-35H,1-2H3. The molecule has 1 nitrogen and oxygen atoms in total. The first-order chi connectivity index (χ1) is 26.5. The molecule has 0 atom stereocenters. The van der Waals surface area contributed by atoms with E-state index in [4.69, 9.17) is 0 Å². The molecule has 0 spiro atoms. The molecule has 0 amide bonds. The van der Waals surface area contributed by atoms with E-state index in [1.807, 2.05) is 0 Å². The highest BCUT2D eigenvalue weighted by Gasteiger charge is 2.36. The average Bonchev–Trinajstić information content (AvgIpc) is 3.73. The molecule has 0 aliphatic heterocycles. The second kappa shape index (κ2) is 12.8. The smallest absolute Gasteiger partial charge is 0.0535 e. The fraction of sp³-hybridized carbons (Fsp3) is 0.0566. The first-order valence-corrected chi connectivity index (χ1v) is 18.8. The van der Waals surface area contributed by atoms with E-state index in [2.05, 4.69) is 219 Å². The Labute approximate surface area is 317 Å². The van der Waals surface area contributed by atoms with Gasteiger partial charge in [0.15, 0.2) is 0 Å². The van der Waals surface area contributed by atoms with Crippen molar-refractivity contribution in [2.45, 2.75) is 19.3 Å². The van der Waals surface area contributed by atoms with Crippen molar-refractivity contribution in [1.29, 1.82) is 0 Å². The third-order valence-electron chi connectivity index (χ3n) is 11.5. The van der Waals surface area contributed by atoms with Crippen LogP contribution < -0.4 is 0 Å². The van der Waals surface area contributed by atoms with Crippen molar-refractivity contribution in [2.24, 2.45) is 0 Å². The molecule has 0 N–H and O–H groups in total. The lowest BCUT2D eigenvalue weighted by atomic mass is 9.81. The molecule has 256 valence electrons. The molecule has 0 radical (unpaired) electrons. The van der Waals surface area contributed by atoms with Gasteiger partial charge in [0.1, 0.15) is 0 Å². The summed E-state index contributed by atoms with van der Waals surface area (Å²) in [5.41, 5.74) is 19.9. The molecule has 1 heteroatoms. The quantitative estimate of drug-likeness (QED) is 0.164. The van der Waals surface area contributed by atoms with Crippen LogP contribution in [0.15, 0.2) is 200 Å². The Morgan fingerprint density at radius 2 is 0.741 bits per heavy atom. The maximum Gasteiger partial charge on any atom is 0.0535 e. The van der Waals surface area contributed by atoms with Crippen LogP contribution in [0.3, 0.4) is 0 Å². The topological polar surface area (TPSA) is 4.93 Å². The van der Waals surface area contributed by atoms with Gasteiger partial charge in [0.2, 0.25) is 0 Å². The van der Waals surface area contributed by atoms with Crippen LogP contribution in [0.4, 0.5) is 0 Å². The van der Waals surface area contributed by atoms with Crippen LogP contribution in [0.2, 0.25) is 0 Å². The molecule has 8 aromatic carbocycles. The minimum Gasteiger partial charge on any atom is -0.316 e. The van der Waals surface area contributed by atoms with Gasteiger partial charge >= 0.3 is 0 Å². The Morgan fingerprint density at radius 3 is 1.31 bits per heavy atom. The molecule has 1 heterocycles. The van der Waals surface area contributed by atoms with E-state index < -0.39 is 0 Å². The lowest BCUT2D eigenvalue weighted by Gasteiger charge is -2.23. The van der Waals surface area contributed by atoms with Gasteiger partial charge in [-0.05, 0) is 103 Å². The molecule has 1 aliphatic carbocycles. The number of hydrogen-bond donors (Lipinski definition) is 0. The Morgan fingerprint density at radius 1 is 0.333 bits per heavy atom. The minimum atomic E-state index is -0.135. The molecule has 10 rings (SSSR count). The largest absolute Gasteiger partial charge is 0.316 e. The maximum absolute atomic E-state index is 2.43. The zero-order valence-electron chi connectivity index (χ0n) is 30.5. The second-order valence-electron chi connectivity index (χ2n) is 15.0. The van der Waals surface area contributed by atoms with Gasteiger partial charge in [0.25, 0.3) is 0 Å². The Balaban J connectivity index is 1.08. The van der Waals surface area contributed by atoms with Gasteiger partial charge in [-0.25, -0.2) is 0 Å². The third kappa shape index (κ3) is 5.40. The first-order valence-electron chi connectivity index (χ1n) is 18.8. The molecule has 0 fully saturated rings. The lowest BCUT2D eigenvalue weighted by molar-refractivity contribution is 0.660. The number of rotatable bonds is 6. The summed E-state index contributed by atoms with van der Waals surface area (Å²) in [5.74, 6) is 0. The SMILES string of the molecule is CC1(C)c2cc(-c3ccccc3)ccc2-c2ccc(-n3cc(-c4ccc(-c5ccccc5)cc4)c4cc(-c5ccc(-c6ccccc6)cc5)ccc43)cc21. The van der Waals surface area contributed by atoms with E-state index >= 15 is 0 Å². The summed E-state index contributed by atoms with van der Waals surface area (Å²) in [6, 6.07) is 70.9. The number of nitrogens with zero attached hydrogens (tertiary/aromatic N) is 1. The summed E-state index contributed by atoms with van der Waals surface area (Å²) in [5, 5.41) is 1.24. The predicted molar refractivity (Wildman–Crippen MR) is 228 cm³/mol. The molecule has 1 aromatic heterocycles. The summed E-state index contributed by atoms with van der Waals surface area (Å²) in [6.45, 7) is 4.75. The van der Waals surface area contributed by atoms with Crippen molar-refractivity contribution in [3.8, 4) is 72.4 Å². The van der Waals surface area contributed by atoms with Gasteiger partial charge in [0.05, 0.1) is 5.52 Å².